The molecule has 0 N–H and O–H groups in total. The molecular weight excluding hydrogens is 181 g/mol. The number of aromatic nitrogens is 2. The highest BCUT2D eigenvalue weighted by molar-refractivity contribution is 5.11. The Balaban J connectivity index is 0.000000671. The van der Waals surface area contributed by atoms with E-state index in [4.69, 9.17) is 0 Å². The number of hydrogen-bond donors (Lipinski definition) is 0. The summed E-state index contributed by atoms with van der Waals surface area (Å²) in [6.45, 7) is 5.27. The van der Waals surface area contributed by atoms with Gasteiger partial charge in [-0.2, -0.15) is 13.2 Å². The Labute approximate surface area is 74.8 Å². The molecule has 1 heterocycles. The van der Waals surface area contributed by atoms with Crippen LogP contribution < -0.4 is 0 Å². The van der Waals surface area contributed by atoms with Gasteiger partial charge < -0.3 is 0 Å². The molecule has 0 bridgehead atoms. The summed E-state index contributed by atoms with van der Waals surface area (Å²) in [6, 6.07) is 0. The van der Waals surface area contributed by atoms with Crippen molar-refractivity contribution in [1.82, 2.24) is 9.97 Å². The third-order valence-electron chi connectivity index (χ3n) is 1.15. The van der Waals surface area contributed by atoms with Crippen LogP contribution in [0.1, 0.15) is 25.2 Å². The summed E-state index contributed by atoms with van der Waals surface area (Å²) in [5.41, 5.74) is -1.01. The Morgan fingerprint density at radius 1 is 1.08 bits per heavy atom. The van der Waals surface area contributed by atoms with Crippen LogP contribution in [-0.2, 0) is 6.18 Å². The van der Waals surface area contributed by atoms with Gasteiger partial charge in [-0.25, -0.2) is 4.98 Å². The number of nitrogens with zero attached hydrogens (tertiary/aromatic N) is 2. The molecule has 1 aromatic rings. The SMILES string of the molecule is CC.Cc1nccnc1C(F)(F)F. The molecule has 2 nitrogen and oxygen atoms in total. The van der Waals surface area contributed by atoms with Crippen LogP contribution in [0.15, 0.2) is 12.4 Å². The highest BCUT2D eigenvalue weighted by Gasteiger charge is 2.34. The van der Waals surface area contributed by atoms with Gasteiger partial charge in [0, 0.05) is 12.4 Å². The lowest BCUT2D eigenvalue weighted by Crippen LogP contribution is -2.10. The van der Waals surface area contributed by atoms with Gasteiger partial charge in [0.25, 0.3) is 0 Å². The molecule has 74 valence electrons. The predicted octanol–water partition coefficient (Wildman–Crippen LogP) is 2.83. The largest absolute Gasteiger partial charge is 0.435 e. The van der Waals surface area contributed by atoms with Crippen LogP contribution in [0.4, 0.5) is 13.2 Å². The molecule has 0 aliphatic heterocycles. The summed E-state index contributed by atoms with van der Waals surface area (Å²) >= 11 is 0. The molecule has 0 amide bonds. The number of rotatable bonds is 0. The average Bonchev–Trinajstić information content (AvgIpc) is 2.07. The van der Waals surface area contributed by atoms with Crippen LogP contribution in [0.3, 0.4) is 0 Å². The van der Waals surface area contributed by atoms with Gasteiger partial charge in [-0.15, -0.1) is 0 Å². The average molecular weight is 192 g/mol. The fourth-order valence-corrected chi connectivity index (χ4v) is 0.686. The Kier molecular flexibility index (Phi) is 4.37. The van der Waals surface area contributed by atoms with E-state index >= 15 is 0 Å². The van der Waals surface area contributed by atoms with E-state index in [1.165, 1.54) is 13.1 Å². The van der Waals surface area contributed by atoms with E-state index in [0.29, 0.717) is 0 Å². The van der Waals surface area contributed by atoms with E-state index in [-0.39, 0.29) is 5.69 Å². The highest BCUT2D eigenvalue weighted by Crippen LogP contribution is 2.28. The zero-order valence-electron chi connectivity index (χ0n) is 7.68. The second-order valence-corrected chi connectivity index (χ2v) is 1.99. The molecule has 1 rings (SSSR count). The number of hydrogen-bond acceptors (Lipinski definition) is 2. The Hall–Kier alpha value is -1.13. The summed E-state index contributed by atoms with van der Waals surface area (Å²) in [5, 5.41) is 0. The maximum atomic E-state index is 11.9. The molecule has 0 aliphatic carbocycles. The molecule has 0 radical (unpaired) electrons. The van der Waals surface area contributed by atoms with E-state index in [9.17, 15) is 13.2 Å². The molecule has 13 heavy (non-hydrogen) atoms. The van der Waals surface area contributed by atoms with Crippen molar-refractivity contribution >= 4 is 0 Å². The van der Waals surface area contributed by atoms with Gasteiger partial charge in [0.2, 0.25) is 0 Å². The monoisotopic (exact) mass is 192 g/mol. The van der Waals surface area contributed by atoms with Gasteiger partial charge in [0.05, 0.1) is 5.69 Å². The Bertz CT molecular complexity index is 258. The van der Waals surface area contributed by atoms with Crippen molar-refractivity contribution in [3.8, 4) is 0 Å². The van der Waals surface area contributed by atoms with E-state index in [0.717, 1.165) is 6.20 Å². The normalized spacial score (nSPS) is 10.3. The number of aryl methyl sites for hydroxylation is 1. The van der Waals surface area contributed by atoms with E-state index in [1.807, 2.05) is 13.8 Å². The second-order valence-electron chi connectivity index (χ2n) is 1.99. The van der Waals surface area contributed by atoms with E-state index in [1.54, 1.807) is 0 Å². The van der Waals surface area contributed by atoms with Gasteiger partial charge in [0.15, 0.2) is 5.69 Å². The fourth-order valence-electron chi connectivity index (χ4n) is 0.686. The van der Waals surface area contributed by atoms with E-state index < -0.39 is 11.9 Å². The minimum absolute atomic E-state index is 0.0972. The fraction of sp³-hybridized carbons (Fsp3) is 0.500. The first-order valence-electron chi connectivity index (χ1n) is 3.86. The lowest BCUT2D eigenvalue weighted by molar-refractivity contribution is -0.141. The zero-order valence-corrected chi connectivity index (χ0v) is 7.68. The van der Waals surface area contributed by atoms with Gasteiger partial charge >= 0.3 is 6.18 Å². The summed E-state index contributed by atoms with van der Waals surface area (Å²) in [7, 11) is 0. The van der Waals surface area contributed by atoms with E-state index in [2.05, 4.69) is 9.97 Å². The van der Waals surface area contributed by atoms with Crippen LogP contribution >= 0.6 is 0 Å². The number of alkyl halides is 3. The summed E-state index contributed by atoms with van der Waals surface area (Å²) in [4.78, 5) is 6.63. The first-order valence-corrected chi connectivity index (χ1v) is 3.86. The van der Waals surface area contributed by atoms with Gasteiger partial charge in [-0.3, -0.25) is 4.98 Å². The van der Waals surface area contributed by atoms with Crippen LogP contribution in [0.25, 0.3) is 0 Å². The summed E-state index contributed by atoms with van der Waals surface area (Å²) < 4.78 is 35.8. The highest BCUT2D eigenvalue weighted by atomic mass is 19.4. The lowest BCUT2D eigenvalue weighted by Gasteiger charge is -2.05. The minimum Gasteiger partial charge on any atom is -0.258 e. The molecule has 0 aliphatic rings. The van der Waals surface area contributed by atoms with Crippen LogP contribution in [0, 0.1) is 6.92 Å². The third kappa shape index (κ3) is 3.40. The van der Waals surface area contributed by atoms with Gasteiger partial charge in [0.1, 0.15) is 0 Å². The zero-order chi connectivity index (χ0) is 10.5. The lowest BCUT2D eigenvalue weighted by atomic mass is 10.3. The predicted molar refractivity (Wildman–Crippen MR) is 43.1 cm³/mol. The standard InChI is InChI=1S/C6H5F3N2.C2H6/c1-4-5(6(7,8)9)11-3-2-10-4;1-2/h2-3H,1H3;1-2H3. The molecule has 0 atom stereocenters. The maximum absolute atomic E-state index is 11.9. The first-order chi connectivity index (χ1) is 6.02. The topological polar surface area (TPSA) is 25.8 Å². The summed E-state index contributed by atoms with van der Waals surface area (Å²) in [6.07, 6.45) is -2.14. The molecular formula is C8H11F3N2. The van der Waals surface area contributed by atoms with Crippen molar-refractivity contribution in [3.05, 3.63) is 23.8 Å². The summed E-state index contributed by atoms with van der Waals surface area (Å²) in [5.74, 6) is 0. The van der Waals surface area contributed by atoms with Crippen LogP contribution in [0.2, 0.25) is 0 Å². The van der Waals surface area contributed by atoms with Crippen molar-refractivity contribution in [2.24, 2.45) is 0 Å². The maximum Gasteiger partial charge on any atom is 0.435 e. The Morgan fingerprint density at radius 2 is 1.54 bits per heavy atom. The minimum atomic E-state index is -4.39. The molecule has 0 spiro atoms. The molecule has 0 saturated carbocycles. The van der Waals surface area contributed by atoms with Gasteiger partial charge in [-0.05, 0) is 6.92 Å². The molecule has 0 saturated heterocycles. The van der Waals surface area contributed by atoms with Crippen LogP contribution in [-0.4, -0.2) is 9.97 Å². The first kappa shape index (κ1) is 11.9. The van der Waals surface area contributed by atoms with Crippen molar-refractivity contribution in [2.75, 3.05) is 0 Å². The van der Waals surface area contributed by atoms with Crippen molar-refractivity contribution in [2.45, 2.75) is 26.9 Å². The quantitative estimate of drug-likeness (QED) is 0.631. The second kappa shape index (κ2) is 4.79. The molecule has 1 aromatic heterocycles. The van der Waals surface area contributed by atoms with Crippen molar-refractivity contribution in [1.29, 1.82) is 0 Å². The third-order valence-corrected chi connectivity index (χ3v) is 1.15. The molecule has 0 aromatic carbocycles. The molecule has 0 fully saturated rings. The smallest absolute Gasteiger partial charge is 0.258 e. The number of halogens is 3. The van der Waals surface area contributed by atoms with Crippen molar-refractivity contribution < 1.29 is 13.2 Å². The van der Waals surface area contributed by atoms with Crippen LogP contribution in [0.5, 0.6) is 0 Å². The molecule has 5 heteroatoms. The Morgan fingerprint density at radius 3 is 1.85 bits per heavy atom. The van der Waals surface area contributed by atoms with Gasteiger partial charge in [-0.1, -0.05) is 13.8 Å². The molecule has 0 unspecified atom stereocenters. The van der Waals surface area contributed by atoms with Crippen molar-refractivity contribution in [3.63, 3.8) is 0 Å².